The minimum atomic E-state index is -0.289. The van der Waals surface area contributed by atoms with Crippen LogP contribution >= 0.6 is 23.4 Å². The van der Waals surface area contributed by atoms with Crippen LogP contribution in [0.5, 0.6) is 0 Å². The molecule has 1 aromatic rings. The molecular formula is C12H15ClOS. The molecule has 1 aromatic carbocycles. The van der Waals surface area contributed by atoms with Gasteiger partial charge in [-0.3, -0.25) is 0 Å². The van der Waals surface area contributed by atoms with E-state index >= 15 is 0 Å². The van der Waals surface area contributed by atoms with Crippen molar-refractivity contribution in [1.29, 1.82) is 0 Å². The maximum absolute atomic E-state index is 9.98. The van der Waals surface area contributed by atoms with Gasteiger partial charge in [0.15, 0.2) is 0 Å². The highest BCUT2D eigenvalue weighted by atomic mass is 35.5. The highest BCUT2D eigenvalue weighted by Crippen LogP contribution is 2.42. The maximum Gasteiger partial charge on any atom is 0.0811 e. The van der Waals surface area contributed by atoms with E-state index < -0.39 is 0 Å². The molecule has 1 aliphatic rings. The number of benzene rings is 1. The van der Waals surface area contributed by atoms with Crippen LogP contribution < -0.4 is 0 Å². The van der Waals surface area contributed by atoms with Crippen LogP contribution in [0.1, 0.15) is 30.9 Å². The van der Waals surface area contributed by atoms with E-state index in [1.807, 2.05) is 30.0 Å². The van der Waals surface area contributed by atoms with Gasteiger partial charge in [0, 0.05) is 16.0 Å². The summed E-state index contributed by atoms with van der Waals surface area (Å²) in [7, 11) is 0. The normalized spacial score (nSPS) is 24.9. The van der Waals surface area contributed by atoms with E-state index in [0.717, 1.165) is 30.7 Å². The molecule has 1 heterocycles. The van der Waals surface area contributed by atoms with Gasteiger partial charge in [0.2, 0.25) is 0 Å². The molecule has 0 saturated heterocycles. The Hall–Kier alpha value is -0.180. The van der Waals surface area contributed by atoms with Gasteiger partial charge in [0.1, 0.15) is 0 Å². The third-order valence-corrected chi connectivity index (χ3v) is 4.37. The SMILES string of the molecule is OC1CC(CCCCl)Sc2ccccc21. The number of alkyl halides is 1. The second kappa shape index (κ2) is 5.24. The van der Waals surface area contributed by atoms with Crippen LogP contribution in [0, 0.1) is 0 Å². The summed E-state index contributed by atoms with van der Waals surface area (Å²) in [5, 5.41) is 10.5. The predicted molar refractivity (Wildman–Crippen MR) is 65.6 cm³/mol. The molecule has 15 heavy (non-hydrogen) atoms. The number of rotatable bonds is 3. The van der Waals surface area contributed by atoms with Crippen LogP contribution in [0.4, 0.5) is 0 Å². The lowest BCUT2D eigenvalue weighted by atomic mass is 10.0. The Kier molecular flexibility index (Phi) is 3.95. The minimum absolute atomic E-state index is 0.289. The summed E-state index contributed by atoms with van der Waals surface area (Å²) in [5.74, 6) is 0.717. The second-order valence-electron chi connectivity index (χ2n) is 3.86. The second-order valence-corrected chi connectivity index (χ2v) is 5.58. The van der Waals surface area contributed by atoms with Crippen molar-refractivity contribution in [2.75, 3.05) is 5.88 Å². The lowest BCUT2D eigenvalue weighted by molar-refractivity contribution is 0.160. The Labute approximate surface area is 99.8 Å². The average molecular weight is 243 g/mol. The van der Waals surface area contributed by atoms with Crippen LogP contribution in [0.3, 0.4) is 0 Å². The van der Waals surface area contributed by atoms with Crippen molar-refractivity contribution in [3.63, 3.8) is 0 Å². The molecule has 1 nitrogen and oxygen atoms in total. The van der Waals surface area contributed by atoms with Crippen molar-refractivity contribution < 1.29 is 5.11 Å². The molecule has 2 unspecified atom stereocenters. The van der Waals surface area contributed by atoms with Crippen LogP contribution in [0.25, 0.3) is 0 Å². The third-order valence-electron chi connectivity index (χ3n) is 2.72. The van der Waals surface area contributed by atoms with Crippen molar-refractivity contribution in [1.82, 2.24) is 0 Å². The third kappa shape index (κ3) is 2.68. The van der Waals surface area contributed by atoms with Gasteiger partial charge in [-0.1, -0.05) is 18.2 Å². The summed E-state index contributed by atoms with van der Waals surface area (Å²) in [5.41, 5.74) is 1.09. The number of thioether (sulfide) groups is 1. The summed E-state index contributed by atoms with van der Waals surface area (Å²) in [6.07, 6.45) is 2.70. The number of hydrogen-bond acceptors (Lipinski definition) is 2. The fraction of sp³-hybridized carbons (Fsp3) is 0.500. The van der Waals surface area contributed by atoms with Crippen molar-refractivity contribution in [3.05, 3.63) is 29.8 Å². The smallest absolute Gasteiger partial charge is 0.0811 e. The van der Waals surface area contributed by atoms with Crippen molar-refractivity contribution in [2.45, 2.75) is 35.5 Å². The van der Waals surface area contributed by atoms with Gasteiger partial charge in [-0.2, -0.15) is 0 Å². The molecule has 0 saturated carbocycles. The molecule has 0 aromatic heterocycles. The van der Waals surface area contributed by atoms with Crippen molar-refractivity contribution in [2.24, 2.45) is 0 Å². The Bertz CT molecular complexity index is 329. The first-order chi connectivity index (χ1) is 7.31. The Morgan fingerprint density at radius 2 is 2.20 bits per heavy atom. The fourth-order valence-corrected chi connectivity index (χ4v) is 3.52. The van der Waals surface area contributed by atoms with Gasteiger partial charge in [-0.05, 0) is 30.9 Å². The monoisotopic (exact) mass is 242 g/mol. The average Bonchev–Trinajstić information content (AvgIpc) is 2.26. The molecule has 1 aliphatic heterocycles. The van der Waals surface area contributed by atoms with Gasteiger partial charge >= 0.3 is 0 Å². The van der Waals surface area contributed by atoms with E-state index in [4.69, 9.17) is 11.6 Å². The van der Waals surface area contributed by atoms with E-state index in [2.05, 4.69) is 6.07 Å². The molecule has 3 heteroatoms. The molecule has 2 atom stereocenters. The lowest BCUT2D eigenvalue weighted by Crippen LogP contribution is -2.15. The molecule has 0 fully saturated rings. The summed E-state index contributed by atoms with van der Waals surface area (Å²) in [6, 6.07) is 8.13. The Morgan fingerprint density at radius 1 is 1.40 bits per heavy atom. The van der Waals surface area contributed by atoms with Crippen LogP contribution in [0.2, 0.25) is 0 Å². The first-order valence-electron chi connectivity index (χ1n) is 5.31. The summed E-state index contributed by atoms with van der Waals surface area (Å²) in [4.78, 5) is 1.23. The molecule has 82 valence electrons. The quantitative estimate of drug-likeness (QED) is 0.818. The van der Waals surface area contributed by atoms with E-state index in [-0.39, 0.29) is 6.10 Å². The van der Waals surface area contributed by atoms with Gasteiger partial charge in [-0.25, -0.2) is 0 Å². The molecule has 1 N–H and O–H groups in total. The first kappa shape index (κ1) is 11.3. The van der Waals surface area contributed by atoms with Crippen molar-refractivity contribution >= 4 is 23.4 Å². The van der Waals surface area contributed by atoms with Crippen LogP contribution in [0.15, 0.2) is 29.2 Å². The molecule has 0 bridgehead atoms. The fourth-order valence-electron chi connectivity index (χ4n) is 1.95. The Balaban J connectivity index is 2.08. The number of hydrogen-bond donors (Lipinski definition) is 1. The molecule has 2 rings (SSSR count). The largest absolute Gasteiger partial charge is 0.388 e. The van der Waals surface area contributed by atoms with Crippen molar-refractivity contribution in [3.8, 4) is 0 Å². The molecule has 0 radical (unpaired) electrons. The van der Waals surface area contributed by atoms with E-state index in [9.17, 15) is 5.11 Å². The highest BCUT2D eigenvalue weighted by molar-refractivity contribution is 8.00. The lowest BCUT2D eigenvalue weighted by Gasteiger charge is -2.27. The first-order valence-corrected chi connectivity index (χ1v) is 6.72. The topological polar surface area (TPSA) is 20.2 Å². The van der Waals surface area contributed by atoms with E-state index in [0.29, 0.717) is 5.25 Å². The van der Waals surface area contributed by atoms with Crippen LogP contribution in [-0.4, -0.2) is 16.2 Å². The zero-order chi connectivity index (χ0) is 10.7. The summed E-state index contributed by atoms with van der Waals surface area (Å²) < 4.78 is 0. The van der Waals surface area contributed by atoms with Gasteiger partial charge in [0.25, 0.3) is 0 Å². The zero-order valence-electron chi connectivity index (χ0n) is 8.53. The number of aliphatic hydroxyl groups is 1. The molecule has 0 spiro atoms. The standard InChI is InChI=1S/C12H15ClOS/c13-7-3-4-9-8-11(14)10-5-1-2-6-12(10)15-9/h1-2,5-6,9,11,14H,3-4,7-8H2. The summed E-state index contributed by atoms with van der Waals surface area (Å²) >= 11 is 7.57. The van der Waals surface area contributed by atoms with Gasteiger partial charge < -0.3 is 5.11 Å². The molecule has 0 amide bonds. The van der Waals surface area contributed by atoms with Crippen LogP contribution in [-0.2, 0) is 0 Å². The highest BCUT2D eigenvalue weighted by Gasteiger charge is 2.25. The zero-order valence-corrected chi connectivity index (χ0v) is 10.1. The maximum atomic E-state index is 9.98. The molecule has 0 aliphatic carbocycles. The molecular weight excluding hydrogens is 228 g/mol. The van der Waals surface area contributed by atoms with Gasteiger partial charge in [0.05, 0.1) is 6.10 Å². The predicted octanol–water partition coefficient (Wildman–Crippen LogP) is 3.60. The minimum Gasteiger partial charge on any atom is -0.388 e. The summed E-state index contributed by atoms with van der Waals surface area (Å²) in [6.45, 7) is 0. The van der Waals surface area contributed by atoms with E-state index in [1.165, 1.54) is 4.90 Å². The number of aliphatic hydroxyl groups excluding tert-OH is 1. The number of fused-ring (bicyclic) bond motifs is 1. The van der Waals surface area contributed by atoms with E-state index in [1.54, 1.807) is 0 Å². The Morgan fingerprint density at radius 3 is 3.00 bits per heavy atom. The number of halogens is 1. The van der Waals surface area contributed by atoms with Gasteiger partial charge in [-0.15, -0.1) is 23.4 Å².